The fourth-order valence-corrected chi connectivity index (χ4v) is 5.03. The van der Waals surface area contributed by atoms with Crippen LogP contribution in [0, 0.1) is 5.92 Å². The van der Waals surface area contributed by atoms with Crippen LogP contribution in [0.4, 0.5) is 0 Å². The molecule has 0 atom stereocenters. The molecule has 1 N–H and O–H groups in total. The lowest BCUT2D eigenvalue weighted by atomic mass is 9.97. The summed E-state index contributed by atoms with van der Waals surface area (Å²) in [4.78, 5) is 13.1. The van der Waals surface area contributed by atoms with E-state index in [2.05, 4.69) is 11.9 Å². The Balaban J connectivity index is 2.05. The quantitative estimate of drug-likeness (QED) is 0.882. The summed E-state index contributed by atoms with van der Waals surface area (Å²) in [5, 5.41) is 10.2. The summed E-state index contributed by atoms with van der Waals surface area (Å²) in [6, 6.07) is 1.23. The van der Waals surface area contributed by atoms with E-state index in [9.17, 15) is 13.2 Å². The van der Waals surface area contributed by atoms with Crippen molar-refractivity contribution in [2.75, 3.05) is 33.7 Å². The molecule has 1 saturated heterocycles. The first kappa shape index (κ1) is 16.4. The number of rotatable bonds is 5. The zero-order chi connectivity index (χ0) is 15.6. The second kappa shape index (κ2) is 6.43. The van der Waals surface area contributed by atoms with Gasteiger partial charge in [-0.15, -0.1) is 11.3 Å². The van der Waals surface area contributed by atoms with Gasteiger partial charge in [0, 0.05) is 19.0 Å². The summed E-state index contributed by atoms with van der Waals surface area (Å²) in [5.41, 5.74) is 0.0197. The zero-order valence-electron chi connectivity index (χ0n) is 12.2. The maximum Gasteiger partial charge on any atom is 0.336 e. The average molecular weight is 332 g/mol. The maximum atomic E-state index is 12.4. The fourth-order valence-electron chi connectivity index (χ4n) is 2.42. The van der Waals surface area contributed by atoms with Crippen molar-refractivity contribution < 1.29 is 18.3 Å². The summed E-state index contributed by atoms with van der Waals surface area (Å²) in [7, 11) is 0.0389. The highest BCUT2D eigenvalue weighted by molar-refractivity contribution is 7.91. The Kier molecular flexibility index (Phi) is 5.03. The number of piperidine rings is 1. The highest BCUT2D eigenvalue weighted by Gasteiger charge is 2.27. The lowest BCUT2D eigenvalue weighted by Crippen LogP contribution is -2.37. The van der Waals surface area contributed by atoms with Gasteiger partial charge >= 0.3 is 5.97 Å². The van der Waals surface area contributed by atoms with Crippen molar-refractivity contribution >= 4 is 27.3 Å². The van der Waals surface area contributed by atoms with Crippen LogP contribution in [0.3, 0.4) is 0 Å². The fraction of sp³-hybridized carbons (Fsp3) is 0.615. The third-order valence-electron chi connectivity index (χ3n) is 3.84. The summed E-state index contributed by atoms with van der Waals surface area (Å²) in [5.74, 6) is -0.745. The molecule has 1 aromatic rings. The molecule has 0 bridgehead atoms. The Labute approximate surface area is 129 Å². The first-order chi connectivity index (χ1) is 9.80. The number of carboxylic acid groups (broad SMARTS) is 1. The van der Waals surface area contributed by atoms with Crippen molar-refractivity contribution in [1.82, 2.24) is 9.21 Å². The van der Waals surface area contributed by atoms with Gasteiger partial charge in [0.2, 0.25) is 0 Å². The number of carbonyl (C=O) groups is 1. The number of hydrogen-bond donors (Lipinski definition) is 1. The van der Waals surface area contributed by atoms with Crippen molar-refractivity contribution in [1.29, 1.82) is 0 Å². The van der Waals surface area contributed by atoms with Crippen molar-refractivity contribution in [2.45, 2.75) is 17.1 Å². The maximum absolute atomic E-state index is 12.4. The van der Waals surface area contributed by atoms with Gasteiger partial charge in [-0.1, -0.05) is 0 Å². The minimum Gasteiger partial charge on any atom is -0.478 e. The van der Waals surface area contributed by atoms with Crippen LogP contribution in [0.15, 0.2) is 15.7 Å². The molecule has 2 heterocycles. The molecule has 8 heteroatoms. The van der Waals surface area contributed by atoms with Crippen LogP contribution >= 0.6 is 11.3 Å². The molecule has 0 unspecified atom stereocenters. The van der Waals surface area contributed by atoms with Gasteiger partial charge in [-0.2, -0.15) is 4.31 Å². The van der Waals surface area contributed by atoms with Gasteiger partial charge in [0.1, 0.15) is 4.21 Å². The van der Waals surface area contributed by atoms with E-state index in [-0.39, 0.29) is 9.77 Å². The van der Waals surface area contributed by atoms with Crippen molar-refractivity contribution in [3.05, 3.63) is 17.0 Å². The third kappa shape index (κ3) is 3.82. The topological polar surface area (TPSA) is 77.9 Å². The van der Waals surface area contributed by atoms with Crippen LogP contribution in [0.5, 0.6) is 0 Å². The number of aromatic carboxylic acids is 1. The van der Waals surface area contributed by atoms with E-state index < -0.39 is 16.0 Å². The molecule has 21 heavy (non-hydrogen) atoms. The lowest BCUT2D eigenvalue weighted by molar-refractivity contribution is 0.0697. The zero-order valence-corrected chi connectivity index (χ0v) is 13.8. The summed E-state index contributed by atoms with van der Waals surface area (Å²) in [6.07, 6.45) is 1.97. The van der Waals surface area contributed by atoms with Gasteiger partial charge in [-0.3, -0.25) is 0 Å². The molecular formula is C13H20N2O4S2. The van der Waals surface area contributed by atoms with Crippen LogP contribution in [-0.4, -0.2) is 62.4 Å². The molecule has 0 radical (unpaired) electrons. The van der Waals surface area contributed by atoms with E-state index in [0.29, 0.717) is 12.5 Å². The van der Waals surface area contributed by atoms with E-state index in [1.54, 1.807) is 7.05 Å². The van der Waals surface area contributed by atoms with Crippen LogP contribution in [0.2, 0.25) is 0 Å². The molecule has 1 aliphatic heterocycles. The van der Waals surface area contributed by atoms with Crippen molar-refractivity contribution in [2.24, 2.45) is 5.92 Å². The van der Waals surface area contributed by atoms with Gasteiger partial charge in [-0.05, 0) is 45.0 Å². The van der Waals surface area contributed by atoms with Crippen LogP contribution in [-0.2, 0) is 10.0 Å². The molecule has 1 aromatic heterocycles. The number of likely N-dealkylation sites (tertiary alicyclic amines) is 1. The SMILES string of the molecule is CN1CCC(CN(C)S(=O)(=O)c2cc(C(=O)O)cs2)CC1. The largest absolute Gasteiger partial charge is 0.478 e. The standard InChI is InChI=1S/C13H20N2O4S2/c1-14-5-3-10(4-6-14)8-15(2)21(18,19)12-7-11(9-20-12)13(16)17/h7,9-10H,3-6,8H2,1-2H3,(H,16,17). The Morgan fingerprint density at radius 3 is 2.62 bits per heavy atom. The average Bonchev–Trinajstić information content (AvgIpc) is 2.91. The van der Waals surface area contributed by atoms with Gasteiger partial charge in [-0.25, -0.2) is 13.2 Å². The Morgan fingerprint density at radius 1 is 1.48 bits per heavy atom. The summed E-state index contributed by atoms with van der Waals surface area (Å²) >= 11 is 0.957. The summed E-state index contributed by atoms with van der Waals surface area (Å²) < 4.78 is 26.3. The third-order valence-corrected chi connectivity index (χ3v) is 7.08. The smallest absolute Gasteiger partial charge is 0.336 e. The second-order valence-electron chi connectivity index (χ2n) is 5.49. The van der Waals surface area contributed by atoms with Gasteiger partial charge in [0.05, 0.1) is 5.56 Å². The Hall–Kier alpha value is -0.960. The van der Waals surface area contributed by atoms with E-state index in [0.717, 1.165) is 37.3 Å². The molecule has 0 aliphatic carbocycles. The van der Waals surface area contributed by atoms with Crippen LogP contribution < -0.4 is 0 Å². The number of carboxylic acids is 1. The molecule has 6 nitrogen and oxygen atoms in total. The summed E-state index contributed by atoms with van der Waals surface area (Å²) in [6.45, 7) is 2.46. The normalized spacial score (nSPS) is 18.2. The highest BCUT2D eigenvalue weighted by atomic mass is 32.2. The van der Waals surface area contributed by atoms with E-state index >= 15 is 0 Å². The Morgan fingerprint density at radius 2 is 2.10 bits per heavy atom. The van der Waals surface area contributed by atoms with Gasteiger partial charge in [0.25, 0.3) is 10.0 Å². The molecule has 0 saturated carbocycles. The molecule has 2 rings (SSSR count). The molecule has 1 fully saturated rings. The van der Waals surface area contributed by atoms with Crippen molar-refractivity contribution in [3.63, 3.8) is 0 Å². The first-order valence-corrected chi connectivity index (χ1v) is 9.09. The van der Waals surface area contributed by atoms with Gasteiger partial charge in [0.15, 0.2) is 0 Å². The predicted octanol–water partition coefficient (Wildman–Crippen LogP) is 1.41. The minimum absolute atomic E-state index is 0.0197. The monoisotopic (exact) mass is 332 g/mol. The molecule has 0 aromatic carbocycles. The van der Waals surface area contributed by atoms with Crippen molar-refractivity contribution in [3.8, 4) is 0 Å². The molecule has 118 valence electrons. The Bertz CT molecular complexity index is 603. The number of thiophene rings is 1. The van der Waals surface area contributed by atoms with Crippen LogP contribution in [0.25, 0.3) is 0 Å². The van der Waals surface area contributed by atoms with Gasteiger partial charge < -0.3 is 10.0 Å². The number of sulfonamides is 1. The minimum atomic E-state index is -3.59. The molecule has 0 spiro atoms. The van der Waals surface area contributed by atoms with E-state index in [1.807, 2.05) is 0 Å². The number of hydrogen-bond acceptors (Lipinski definition) is 5. The van der Waals surface area contributed by atoms with E-state index in [4.69, 9.17) is 5.11 Å². The van der Waals surface area contributed by atoms with E-state index in [1.165, 1.54) is 15.8 Å². The molecule has 1 aliphatic rings. The second-order valence-corrected chi connectivity index (χ2v) is 8.67. The predicted molar refractivity (Wildman–Crippen MR) is 81.3 cm³/mol. The first-order valence-electron chi connectivity index (χ1n) is 6.77. The molecular weight excluding hydrogens is 312 g/mol. The number of nitrogens with zero attached hydrogens (tertiary/aromatic N) is 2. The lowest BCUT2D eigenvalue weighted by Gasteiger charge is -2.31. The van der Waals surface area contributed by atoms with Crippen LogP contribution in [0.1, 0.15) is 23.2 Å². The highest BCUT2D eigenvalue weighted by Crippen LogP contribution is 2.25. The molecule has 0 amide bonds.